The highest BCUT2D eigenvalue weighted by Gasteiger charge is 2.32. The van der Waals surface area contributed by atoms with Gasteiger partial charge in [0.25, 0.3) is 0 Å². The predicted molar refractivity (Wildman–Crippen MR) is 58.6 cm³/mol. The highest BCUT2D eigenvalue weighted by molar-refractivity contribution is 5.82. The van der Waals surface area contributed by atoms with Crippen molar-refractivity contribution in [2.24, 2.45) is 5.73 Å². The molecule has 0 aliphatic heterocycles. The fraction of sp³-hybridized carbons (Fsp3) is 0.333. The number of hydrogen-bond donors (Lipinski definition) is 1. The largest absolute Gasteiger partial charge is 0.461 e. The van der Waals surface area contributed by atoms with Gasteiger partial charge in [0.05, 0.1) is 6.42 Å². The van der Waals surface area contributed by atoms with E-state index in [0.717, 1.165) is 0 Å². The number of furan rings is 1. The van der Waals surface area contributed by atoms with Gasteiger partial charge >= 0.3 is 6.18 Å². The fourth-order valence-corrected chi connectivity index (χ4v) is 2.00. The first-order valence-corrected chi connectivity index (χ1v) is 5.19. The summed E-state index contributed by atoms with van der Waals surface area (Å²) in [6.07, 6.45) is -5.32. The minimum atomic E-state index is -4.27. The van der Waals surface area contributed by atoms with E-state index in [0.29, 0.717) is 22.3 Å². The number of fused-ring (bicyclic) bond motifs is 1. The van der Waals surface area contributed by atoms with Crippen LogP contribution in [0.5, 0.6) is 0 Å². The Morgan fingerprint density at radius 1 is 1.29 bits per heavy atom. The second kappa shape index (κ2) is 4.07. The second-order valence-electron chi connectivity index (χ2n) is 3.99. The van der Waals surface area contributed by atoms with Crippen molar-refractivity contribution in [3.05, 3.63) is 35.6 Å². The smallest absolute Gasteiger partial charge is 0.390 e. The van der Waals surface area contributed by atoms with Gasteiger partial charge in [0.15, 0.2) is 0 Å². The van der Waals surface area contributed by atoms with Crippen LogP contribution >= 0.6 is 0 Å². The van der Waals surface area contributed by atoms with E-state index in [1.807, 2.05) is 0 Å². The van der Waals surface area contributed by atoms with E-state index in [4.69, 9.17) is 10.2 Å². The maximum atomic E-state index is 12.3. The lowest BCUT2D eigenvalue weighted by Gasteiger charge is -2.13. The van der Waals surface area contributed by atoms with E-state index in [2.05, 4.69) is 0 Å². The van der Waals surface area contributed by atoms with Gasteiger partial charge in [-0.15, -0.1) is 0 Å². The van der Waals surface area contributed by atoms with Crippen LogP contribution in [0, 0.1) is 6.92 Å². The van der Waals surface area contributed by atoms with E-state index >= 15 is 0 Å². The Morgan fingerprint density at radius 3 is 2.59 bits per heavy atom. The molecule has 2 nitrogen and oxygen atoms in total. The molecule has 1 heterocycles. The van der Waals surface area contributed by atoms with Crippen LogP contribution < -0.4 is 5.73 Å². The molecule has 17 heavy (non-hydrogen) atoms. The summed E-state index contributed by atoms with van der Waals surface area (Å²) >= 11 is 0. The van der Waals surface area contributed by atoms with Crippen molar-refractivity contribution >= 4 is 11.0 Å². The maximum Gasteiger partial charge on any atom is 0.390 e. The molecule has 0 amide bonds. The number of hydrogen-bond acceptors (Lipinski definition) is 2. The van der Waals surface area contributed by atoms with Crippen molar-refractivity contribution in [2.75, 3.05) is 0 Å². The Hall–Kier alpha value is -1.49. The summed E-state index contributed by atoms with van der Waals surface area (Å²) in [4.78, 5) is 0. The van der Waals surface area contributed by atoms with Crippen LogP contribution in [-0.2, 0) is 0 Å². The molecule has 2 N–H and O–H groups in total. The van der Waals surface area contributed by atoms with Gasteiger partial charge in [0, 0.05) is 17.0 Å². The van der Waals surface area contributed by atoms with Crippen LogP contribution in [0.1, 0.15) is 23.8 Å². The first-order valence-electron chi connectivity index (χ1n) is 5.19. The highest BCUT2D eigenvalue weighted by Crippen LogP contribution is 2.34. The Bertz CT molecular complexity index is 530. The minimum Gasteiger partial charge on any atom is -0.461 e. The van der Waals surface area contributed by atoms with Crippen molar-refractivity contribution in [1.29, 1.82) is 0 Å². The molecule has 5 heteroatoms. The standard InChI is InChI=1S/C12H12F3NO/c1-7-11(9(16)6-12(13,14)15)8-4-2-3-5-10(8)17-7/h2-5,9H,6,16H2,1H3. The highest BCUT2D eigenvalue weighted by atomic mass is 19.4. The van der Waals surface area contributed by atoms with Crippen LogP contribution in [0.25, 0.3) is 11.0 Å². The van der Waals surface area contributed by atoms with Gasteiger partial charge in [-0.3, -0.25) is 0 Å². The van der Waals surface area contributed by atoms with Crippen LogP contribution in [0.2, 0.25) is 0 Å². The summed E-state index contributed by atoms with van der Waals surface area (Å²) in [5, 5.41) is 0.654. The summed E-state index contributed by atoms with van der Waals surface area (Å²) < 4.78 is 42.3. The summed E-state index contributed by atoms with van der Waals surface area (Å²) in [7, 11) is 0. The molecule has 1 aromatic carbocycles. The molecule has 1 unspecified atom stereocenters. The first-order chi connectivity index (χ1) is 7.88. The third-order valence-corrected chi connectivity index (χ3v) is 2.64. The lowest BCUT2D eigenvalue weighted by molar-refractivity contribution is -0.138. The van der Waals surface area contributed by atoms with Crippen LogP contribution in [0.4, 0.5) is 13.2 Å². The predicted octanol–water partition coefficient (Wildman–Crippen LogP) is 3.69. The van der Waals surface area contributed by atoms with Gasteiger partial charge in [-0.2, -0.15) is 13.2 Å². The molecule has 0 saturated heterocycles. The molecule has 1 atom stereocenters. The third-order valence-electron chi connectivity index (χ3n) is 2.64. The second-order valence-corrected chi connectivity index (χ2v) is 3.99. The number of alkyl halides is 3. The Balaban J connectivity index is 2.44. The monoisotopic (exact) mass is 243 g/mol. The van der Waals surface area contributed by atoms with E-state index < -0.39 is 18.6 Å². The minimum absolute atomic E-state index is 0.443. The van der Waals surface area contributed by atoms with Crippen molar-refractivity contribution in [1.82, 2.24) is 0 Å². The third kappa shape index (κ3) is 2.44. The number of benzene rings is 1. The molecule has 2 aromatic rings. The molecule has 0 aliphatic rings. The van der Waals surface area contributed by atoms with Gasteiger partial charge in [0.2, 0.25) is 0 Å². The van der Waals surface area contributed by atoms with Crippen molar-refractivity contribution in [2.45, 2.75) is 25.6 Å². The molecule has 0 aliphatic carbocycles. The van der Waals surface area contributed by atoms with Gasteiger partial charge in [-0.1, -0.05) is 18.2 Å². The molecule has 0 spiro atoms. The van der Waals surface area contributed by atoms with Gasteiger partial charge in [-0.05, 0) is 13.0 Å². The Morgan fingerprint density at radius 2 is 1.94 bits per heavy atom. The number of rotatable bonds is 2. The average Bonchev–Trinajstić information content (AvgIpc) is 2.50. The van der Waals surface area contributed by atoms with Crippen molar-refractivity contribution in [3.8, 4) is 0 Å². The van der Waals surface area contributed by atoms with E-state index in [-0.39, 0.29) is 0 Å². The topological polar surface area (TPSA) is 39.2 Å². The number of aryl methyl sites for hydroxylation is 1. The fourth-order valence-electron chi connectivity index (χ4n) is 2.00. The van der Waals surface area contributed by atoms with Gasteiger partial charge < -0.3 is 10.2 Å². The van der Waals surface area contributed by atoms with Crippen molar-refractivity contribution in [3.63, 3.8) is 0 Å². The molecule has 0 radical (unpaired) electrons. The average molecular weight is 243 g/mol. The summed E-state index contributed by atoms with van der Waals surface area (Å²) in [5.41, 5.74) is 6.62. The van der Waals surface area contributed by atoms with E-state index in [1.54, 1.807) is 31.2 Å². The molecular weight excluding hydrogens is 231 g/mol. The molecular formula is C12H12F3NO. The maximum absolute atomic E-state index is 12.3. The number of halogens is 3. The zero-order valence-electron chi connectivity index (χ0n) is 9.21. The summed E-state index contributed by atoms with van der Waals surface area (Å²) in [6, 6.07) is 5.87. The zero-order chi connectivity index (χ0) is 12.6. The molecule has 2 rings (SSSR count). The lowest BCUT2D eigenvalue weighted by Crippen LogP contribution is -2.20. The van der Waals surface area contributed by atoms with Gasteiger partial charge in [-0.25, -0.2) is 0 Å². The molecule has 92 valence electrons. The van der Waals surface area contributed by atoms with Crippen LogP contribution in [0.3, 0.4) is 0 Å². The zero-order valence-corrected chi connectivity index (χ0v) is 9.21. The molecule has 1 aromatic heterocycles. The quantitative estimate of drug-likeness (QED) is 0.873. The van der Waals surface area contributed by atoms with Crippen molar-refractivity contribution < 1.29 is 17.6 Å². The number of para-hydroxylation sites is 1. The Kier molecular flexibility index (Phi) is 2.87. The SMILES string of the molecule is Cc1oc2ccccc2c1C(N)CC(F)(F)F. The van der Waals surface area contributed by atoms with E-state index in [1.165, 1.54) is 0 Å². The molecule has 0 bridgehead atoms. The number of nitrogens with two attached hydrogens (primary N) is 1. The van der Waals surface area contributed by atoms with Crippen LogP contribution in [-0.4, -0.2) is 6.18 Å². The first kappa shape index (κ1) is 12.0. The normalized spacial score (nSPS) is 14.2. The summed E-state index contributed by atoms with van der Waals surface area (Å²) in [5.74, 6) is 0.447. The lowest BCUT2D eigenvalue weighted by atomic mass is 10.0. The van der Waals surface area contributed by atoms with Crippen LogP contribution in [0.15, 0.2) is 28.7 Å². The molecule has 0 saturated carbocycles. The molecule has 0 fully saturated rings. The van der Waals surface area contributed by atoms with E-state index in [9.17, 15) is 13.2 Å². The Labute approximate surface area is 96.2 Å². The van der Waals surface area contributed by atoms with Gasteiger partial charge in [0.1, 0.15) is 11.3 Å². The summed E-state index contributed by atoms with van der Waals surface area (Å²) in [6.45, 7) is 1.63.